The van der Waals surface area contributed by atoms with E-state index in [2.05, 4.69) is 24.2 Å². The first-order valence-electron chi connectivity index (χ1n) is 11.7. The molecule has 4 aliphatic carbocycles. The van der Waals surface area contributed by atoms with Gasteiger partial charge in [-0.15, -0.1) is 0 Å². The molecule has 0 aromatic carbocycles. The van der Waals surface area contributed by atoms with Crippen molar-refractivity contribution < 1.29 is 9.90 Å². The monoisotopic (exact) mass is 407 g/mol. The predicted octanol–water partition coefficient (Wildman–Crippen LogP) is 4.26. The van der Waals surface area contributed by atoms with Crippen LogP contribution in [-0.2, 0) is 11.3 Å². The zero-order chi connectivity index (χ0) is 21.1. The fraction of sp³-hybridized carbons (Fsp3) is 0.720. The molecule has 3 saturated carbocycles. The van der Waals surface area contributed by atoms with Crippen LogP contribution in [0.5, 0.6) is 0 Å². The van der Waals surface area contributed by atoms with Gasteiger partial charge in [-0.3, -0.25) is 9.48 Å². The summed E-state index contributed by atoms with van der Waals surface area (Å²) < 4.78 is 1.63. The molecule has 0 spiro atoms. The standard InChI is InChI=1S/C25H33N3O2/c1-24(30)9-7-18-17(11-24)3-4-20-19(18)8-10-25(2)21(20)5-6-22(25)23(29)15-28-14-16(12-26)13-27-28/h3,13-14,18-22,30H,4-11,15H2,1-2H3. The molecule has 0 amide bonds. The number of aliphatic hydroxyl groups is 1. The van der Waals surface area contributed by atoms with Gasteiger partial charge in [0.1, 0.15) is 6.07 Å². The second kappa shape index (κ2) is 7.05. The third-order valence-corrected chi connectivity index (χ3v) is 9.19. The molecule has 0 aliphatic heterocycles. The van der Waals surface area contributed by atoms with Crippen LogP contribution in [0.4, 0.5) is 0 Å². The summed E-state index contributed by atoms with van der Waals surface area (Å²) in [5.74, 6) is 3.09. The molecule has 5 rings (SSSR count). The molecule has 7 atom stereocenters. The Morgan fingerprint density at radius 2 is 2.10 bits per heavy atom. The van der Waals surface area contributed by atoms with Gasteiger partial charge in [0.05, 0.1) is 23.9 Å². The molecule has 1 aromatic rings. The summed E-state index contributed by atoms with van der Waals surface area (Å²) in [5, 5.41) is 23.7. The van der Waals surface area contributed by atoms with E-state index in [1.165, 1.54) is 18.2 Å². The first-order chi connectivity index (χ1) is 14.3. The first-order valence-corrected chi connectivity index (χ1v) is 11.7. The summed E-state index contributed by atoms with van der Waals surface area (Å²) in [6.45, 7) is 4.64. The van der Waals surface area contributed by atoms with Crippen molar-refractivity contribution in [1.29, 1.82) is 5.26 Å². The molecule has 7 unspecified atom stereocenters. The molecule has 30 heavy (non-hydrogen) atoms. The SMILES string of the molecule is CC1(O)CCC2C(=CCC3C2CCC2(C)C(C(=O)Cn4cc(C#N)cn4)CCC32)C1. The van der Waals surface area contributed by atoms with E-state index in [0.29, 0.717) is 23.3 Å². The Kier molecular flexibility index (Phi) is 4.70. The molecule has 1 aromatic heterocycles. The van der Waals surface area contributed by atoms with Gasteiger partial charge in [0.2, 0.25) is 0 Å². The lowest BCUT2D eigenvalue weighted by molar-refractivity contribution is -0.129. The summed E-state index contributed by atoms with van der Waals surface area (Å²) in [7, 11) is 0. The lowest BCUT2D eigenvalue weighted by atomic mass is 9.51. The zero-order valence-electron chi connectivity index (χ0n) is 18.2. The van der Waals surface area contributed by atoms with Gasteiger partial charge in [0, 0.05) is 12.1 Å². The maximum atomic E-state index is 13.2. The van der Waals surface area contributed by atoms with Crippen LogP contribution in [0.15, 0.2) is 24.0 Å². The van der Waals surface area contributed by atoms with Crippen molar-refractivity contribution in [2.75, 3.05) is 0 Å². The second-order valence-corrected chi connectivity index (χ2v) is 10.9. The quantitative estimate of drug-likeness (QED) is 0.759. The highest BCUT2D eigenvalue weighted by molar-refractivity contribution is 5.82. The highest BCUT2D eigenvalue weighted by Gasteiger charge is 2.57. The molecule has 3 fully saturated rings. The van der Waals surface area contributed by atoms with E-state index in [4.69, 9.17) is 5.26 Å². The fourth-order valence-corrected chi connectivity index (χ4v) is 7.77. The van der Waals surface area contributed by atoms with Gasteiger partial charge >= 0.3 is 0 Å². The van der Waals surface area contributed by atoms with Gasteiger partial charge < -0.3 is 5.11 Å². The van der Waals surface area contributed by atoms with Crippen molar-refractivity contribution in [3.8, 4) is 6.07 Å². The van der Waals surface area contributed by atoms with E-state index >= 15 is 0 Å². The van der Waals surface area contributed by atoms with Crippen molar-refractivity contribution in [3.63, 3.8) is 0 Å². The fourth-order valence-electron chi connectivity index (χ4n) is 7.77. The largest absolute Gasteiger partial charge is 0.390 e. The summed E-state index contributed by atoms with van der Waals surface area (Å²) in [6, 6.07) is 2.09. The van der Waals surface area contributed by atoms with Crippen LogP contribution in [0.2, 0.25) is 0 Å². The van der Waals surface area contributed by atoms with Crippen molar-refractivity contribution in [2.24, 2.45) is 35.0 Å². The molecule has 1 heterocycles. The number of ketones is 1. The third kappa shape index (κ3) is 3.15. The number of hydrogen-bond donors (Lipinski definition) is 1. The van der Waals surface area contributed by atoms with Crippen LogP contribution in [0.1, 0.15) is 70.8 Å². The Labute approximate surface area is 179 Å². The molecule has 0 saturated heterocycles. The molecular formula is C25H33N3O2. The maximum absolute atomic E-state index is 13.2. The maximum Gasteiger partial charge on any atom is 0.157 e. The Morgan fingerprint density at radius 3 is 2.87 bits per heavy atom. The smallest absolute Gasteiger partial charge is 0.157 e. The van der Waals surface area contributed by atoms with E-state index in [1.807, 2.05) is 6.92 Å². The van der Waals surface area contributed by atoms with Crippen LogP contribution in [-0.4, -0.2) is 26.3 Å². The molecule has 5 heteroatoms. The molecule has 0 bridgehead atoms. The topological polar surface area (TPSA) is 78.9 Å². The van der Waals surface area contributed by atoms with Crippen LogP contribution >= 0.6 is 0 Å². The second-order valence-electron chi connectivity index (χ2n) is 10.9. The number of carbonyl (C=O) groups excluding carboxylic acids is 1. The Hall–Kier alpha value is -1.93. The van der Waals surface area contributed by atoms with Gasteiger partial charge in [-0.25, -0.2) is 0 Å². The number of allylic oxidation sites excluding steroid dienone is 1. The lowest BCUT2D eigenvalue weighted by Gasteiger charge is -2.54. The highest BCUT2D eigenvalue weighted by atomic mass is 16.3. The molecule has 0 radical (unpaired) electrons. The third-order valence-electron chi connectivity index (χ3n) is 9.19. The van der Waals surface area contributed by atoms with Crippen molar-refractivity contribution >= 4 is 5.78 Å². The van der Waals surface area contributed by atoms with Crippen molar-refractivity contribution in [2.45, 2.75) is 77.4 Å². The van der Waals surface area contributed by atoms with E-state index < -0.39 is 5.60 Å². The summed E-state index contributed by atoms with van der Waals surface area (Å²) in [6.07, 6.45) is 14.2. The number of rotatable bonds is 3. The van der Waals surface area contributed by atoms with Gasteiger partial charge in [-0.2, -0.15) is 10.4 Å². The van der Waals surface area contributed by atoms with E-state index in [-0.39, 0.29) is 23.7 Å². The summed E-state index contributed by atoms with van der Waals surface area (Å²) >= 11 is 0. The Morgan fingerprint density at radius 1 is 1.27 bits per heavy atom. The van der Waals surface area contributed by atoms with Crippen LogP contribution in [0.3, 0.4) is 0 Å². The molecule has 160 valence electrons. The number of nitriles is 1. The minimum absolute atomic E-state index is 0.0922. The average Bonchev–Trinajstić information content (AvgIpc) is 3.30. The number of hydrogen-bond acceptors (Lipinski definition) is 4. The van der Waals surface area contributed by atoms with Gasteiger partial charge in [-0.05, 0) is 87.4 Å². The normalized spacial score (nSPS) is 42.5. The number of fused-ring (bicyclic) bond motifs is 5. The molecule has 4 aliphatic rings. The average molecular weight is 408 g/mol. The van der Waals surface area contributed by atoms with E-state index in [0.717, 1.165) is 50.9 Å². The first kappa shape index (κ1) is 20.0. The zero-order valence-corrected chi connectivity index (χ0v) is 18.2. The van der Waals surface area contributed by atoms with E-state index in [1.54, 1.807) is 10.9 Å². The molecular weight excluding hydrogens is 374 g/mol. The Bertz CT molecular complexity index is 923. The number of Topliss-reactive ketones (excluding diaryl/α,β-unsaturated/α-hetero) is 1. The molecule has 1 N–H and O–H groups in total. The van der Waals surface area contributed by atoms with Gasteiger partial charge in [-0.1, -0.05) is 18.6 Å². The summed E-state index contributed by atoms with van der Waals surface area (Å²) in [4.78, 5) is 13.2. The van der Waals surface area contributed by atoms with Crippen molar-refractivity contribution in [3.05, 3.63) is 29.6 Å². The van der Waals surface area contributed by atoms with Crippen LogP contribution in [0.25, 0.3) is 0 Å². The number of aromatic nitrogens is 2. The van der Waals surface area contributed by atoms with Gasteiger partial charge in [0.25, 0.3) is 0 Å². The highest BCUT2D eigenvalue weighted by Crippen LogP contribution is 2.63. The lowest BCUT2D eigenvalue weighted by Crippen LogP contribution is -2.48. The number of carbonyl (C=O) groups is 1. The van der Waals surface area contributed by atoms with Crippen molar-refractivity contribution in [1.82, 2.24) is 9.78 Å². The van der Waals surface area contributed by atoms with Gasteiger partial charge in [0.15, 0.2) is 5.78 Å². The minimum Gasteiger partial charge on any atom is -0.390 e. The van der Waals surface area contributed by atoms with Crippen LogP contribution in [0, 0.1) is 46.3 Å². The number of nitrogens with zero attached hydrogens (tertiary/aromatic N) is 3. The van der Waals surface area contributed by atoms with E-state index in [9.17, 15) is 9.90 Å². The summed E-state index contributed by atoms with van der Waals surface area (Å²) in [5.41, 5.74) is 1.58. The van der Waals surface area contributed by atoms with Crippen LogP contribution < -0.4 is 0 Å². The minimum atomic E-state index is -0.527. The Balaban J connectivity index is 1.33. The predicted molar refractivity (Wildman–Crippen MR) is 113 cm³/mol. The molecule has 5 nitrogen and oxygen atoms in total.